The predicted octanol–water partition coefficient (Wildman–Crippen LogP) is 1.77. The summed E-state index contributed by atoms with van der Waals surface area (Å²) in [6, 6.07) is 12.0. The van der Waals surface area contributed by atoms with E-state index in [9.17, 15) is 14.4 Å². The Morgan fingerprint density at radius 1 is 1.11 bits per heavy atom. The van der Waals surface area contributed by atoms with Crippen molar-refractivity contribution in [1.82, 2.24) is 14.2 Å². The van der Waals surface area contributed by atoms with Gasteiger partial charge in [0.2, 0.25) is 5.91 Å². The van der Waals surface area contributed by atoms with Crippen molar-refractivity contribution in [3.63, 3.8) is 0 Å². The molecular weight excluding hydrogens is 364 g/mol. The van der Waals surface area contributed by atoms with Crippen molar-refractivity contribution in [2.45, 2.75) is 25.8 Å². The van der Waals surface area contributed by atoms with Crippen LogP contribution < -0.4 is 15.7 Å². The molecule has 0 saturated heterocycles. The van der Waals surface area contributed by atoms with Gasteiger partial charge in [0.25, 0.3) is 0 Å². The molecule has 1 aromatic carbocycles. The van der Waals surface area contributed by atoms with Crippen LogP contribution in [0.1, 0.15) is 19.3 Å². The Hall–Kier alpha value is -3.62. The molecule has 0 atom stereocenters. The maximum atomic E-state index is 12.2. The van der Waals surface area contributed by atoms with Gasteiger partial charge in [-0.3, -0.25) is 14.0 Å². The van der Waals surface area contributed by atoms with Crippen molar-refractivity contribution >= 4 is 23.2 Å². The topological polar surface area (TPSA) is 115 Å². The number of benzene rings is 1. The first-order valence-electron chi connectivity index (χ1n) is 8.81. The van der Waals surface area contributed by atoms with Crippen LogP contribution in [0.3, 0.4) is 0 Å². The second-order valence-corrected chi connectivity index (χ2v) is 6.10. The zero-order valence-electron chi connectivity index (χ0n) is 15.1. The molecule has 0 aliphatic heterocycles. The normalized spacial score (nSPS) is 10.7. The molecule has 0 unspecified atom stereocenters. The fraction of sp³-hybridized carbons (Fsp3) is 0.263. The number of rotatable bonds is 9. The van der Waals surface area contributed by atoms with Crippen LogP contribution in [0.2, 0.25) is 0 Å². The van der Waals surface area contributed by atoms with E-state index in [1.165, 1.54) is 9.08 Å². The van der Waals surface area contributed by atoms with Gasteiger partial charge in [0.1, 0.15) is 5.75 Å². The Balaban J connectivity index is 1.48. The lowest BCUT2D eigenvalue weighted by atomic mass is 10.3. The van der Waals surface area contributed by atoms with E-state index in [-0.39, 0.29) is 31.0 Å². The van der Waals surface area contributed by atoms with Crippen LogP contribution in [0, 0.1) is 0 Å². The number of anilines is 1. The quantitative estimate of drug-likeness (QED) is 0.543. The first-order chi connectivity index (χ1) is 13.5. The zero-order chi connectivity index (χ0) is 19.9. The van der Waals surface area contributed by atoms with Crippen LogP contribution in [0.15, 0.2) is 53.5 Å². The molecule has 0 saturated carbocycles. The van der Waals surface area contributed by atoms with E-state index >= 15 is 0 Å². The van der Waals surface area contributed by atoms with E-state index in [1.807, 2.05) is 0 Å². The van der Waals surface area contributed by atoms with Gasteiger partial charge < -0.3 is 15.2 Å². The molecule has 28 heavy (non-hydrogen) atoms. The number of aryl methyl sites for hydroxylation is 1. The number of nitrogens with one attached hydrogen (secondary N) is 1. The van der Waals surface area contributed by atoms with Gasteiger partial charge in [-0.2, -0.15) is 0 Å². The van der Waals surface area contributed by atoms with E-state index in [4.69, 9.17) is 9.84 Å². The van der Waals surface area contributed by atoms with Gasteiger partial charge in [-0.25, -0.2) is 9.48 Å². The molecule has 2 aromatic heterocycles. The molecule has 0 spiro atoms. The Kier molecular flexibility index (Phi) is 6.05. The number of carbonyl (C=O) groups excluding carboxylic acids is 1. The molecule has 2 heterocycles. The minimum absolute atomic E-state index is 0.0591. The molecule has 9 nitrogen and oxygen atoms in total. The highest BCUT2D eigenvalue weighted by Crippen LogP contribution is 2.16. The summed E-state index contributed by atoms with van der Waals surface area (Å²) in [5.74, 6) is -0.494. The molecule has 0 aliphatic carbocycles. The van der Waals surface area contributed by atoms with Crippen LogP contribution in [0.25, 0.3) is 5.65 Å². The number of aliphatic carboxylic acids is 1. The SMILES string of the molecule is O=C(O)CCCOc1ccc(NC(=O)CCn2nc3ccccn3c2=O)cc1. The fourth-order valence-electron chi connectivity index (χ4n) is 2.59. The minimum atomic E-state index is -0.854. The molecule has 146 valence electrons. The van der Waals surface area contributed by atoms with E-state index < -0.39 is 5.97 Å². The summed E-state index contributed by atoms with van der Waals surface area (Å²) in [6.45, 7) is 0.489. The number of hydrogen-bond acceptors (Lipinski definition) is 5. The number of carboxylic acids is 1. The Bertz CT molecular complexity index is 1020. The average molecular weight is 384 g/mol. The summed E-state index contributed by atoms with van der Waals surface area (Å²) in [7, 11) is 0. The monoisotopic (exact) mass is 384 g/mol. The largest absolute Gasteiger partial charge is 0.494 e. The third kappa shape index (κ3) is 4.97. The number of fused-ring (bicyclic) bond motifs is 1. The fourth-order valence-corrected chi connectivity index (χ4v) is 2.59. The van der Waals surface area contributed by atoms with Gasteiger partial charge in [-0.15, -0.1) is 5.10 Å². The number of pyridine rings is 1. The summed E-state index contributed by atoms with van der Waals surface area (Å²) in [4.78, 5) is 34.7. The standard InChI is InChI=1S/C19H20N4O5/c24-17(10-12-23-19(27)22-11-2-1-4-16(22)21-23)20-14-6-8-15(9-7-14)28-13-3-5-18(25)26/h1-2,4,6-9,11H,3,5,10,12-13H2,(H,20,24)(H,25,26). The first-order valence-corrected chi connectivity index (χ1v) is 8.81. The summed E-state index contributed by atoms with van der Waals surface area (Å²) < 4.78 is 8.13. The number of nitrogens with zero attached hydrogens (tertiary/aromatic N) is 3. The number of amides is 1. The van der Waals surface area contributed by atoms with Gasteiger partial charge in [0, 0.05) is 24.7 Å². The molecular formula is C19H20N4O5. The van der Waals surface area contributed by atoms with E-state index in [2.05, 4.69) is 10.4 Å². The second-order valence-electron chi connectivity index (χ2n) is 6.10. The molecule has 0 bridgehead atoms. The molecule has 1 amide bonds. The van der Waals surface area contributed by atoms with Crippen LogP contribution in [0.4, 0.5) is 5.69 Å². The lowest BCUT2D eigenvalue weighted by Crippen LogP contribution is -2.24. The predicted molar refractivity (Wildman–Crippen MR) is 102 cm³/mol. The van der Waals surface area contributed by atoms with Gasteiger partial charge in [0.15, 0.2) is 5.65 Å². The molecule has 3 rings (SSSR count). The molecule has 0 fully saturated rings. The number of carbonyl (C=O) groups is 2. The van der Waals surface area contributed by atoms with Crippen molar-refractivity contribution < 1.29 is 19.4 Å². The minimum Gasteiger partial charge on any atom is -0.494 e. The van der Waals surface area contributed by atoms with Gasteiger partial charge in [0.05, 0.1) is 13.2 Å². The molecule has 9 heteroatoms. The van der Waals surface area contributed by atoms with Gasteiger partial charge >= 0.3 is 11.7 Å². The molecule has 0 aliphatic rings. The maximum absolute atomic E-state index is 12.2. The highest BCUT2D eigenvalue weighted by atomic mass is 16.5. The van der Waals surface area contributed by atoms with Crippen molar-refractivity contribution in [3.05, 3.63) is 59.1 Å². The Morgan fingerprint density at radius 2 is 1.89 bits per heavy atom. The van der Waals surface area contributed by atoms with Crippen molar-refractivity contribution in [3.8, 4) is 5.75 Å². The number of aromatic nitrogens is 3. The number of ether oxygens (including phenoxy) is 1. The third-order valence-electron chi connectivity index (χ3n) is 3.98. The first kappa shape index (κ1) is 19.2. The summed E-state index contributed by atoms with van der Waals surface area (Å²) in [6.07, 6.45) is 2.23. The van der Waals surface area contributed by atoms with Crippen LogP contribution in [-0.4, -0.2) is 37.8 Å². The highest BCUT2D eigenvalue weighted by Gasteiger charge is 2.09. The molecule has 3 aromatic rings. The number of hydrogen-bond donors (Lipinski definition) is 2. The smallest absolute Gasteiger partial charge is 0.350 e. The van der Waals surface area contributed by atoms with Crippen molar-refractivity contribution in [1.29, 1.82) is 0 Å². The maximum Gasteiger partial charge on any atom is 0.350 e. The lowest BCUT2D eigenvalue weighted by Gasteiger charge is -2.08. The van der Waals surface area contributed by atoms with Gasteiger partial charge in [-0.1, -0.05) is 6.07 Å². The van der Waals surface area contributed by atoms with E-state index in [1.54, 1.807) is 48.7 Å². The Morgan fingerprint density at radius 3 is 2.61 bits per heavy atom. The van der Waals surface area contributed by atoms with E-state index in [0.717, 1.165) is 0 Å². The average Bonchev–Trinajstić information content (AvgIpc) is 3.01. The van der Waals surface area contributed by atoms with E-state index in [0.29, 0.717) is 30.1 Å². The van der Waals surface area contributed by atoms with Crippen molar-refractivity contribution in [2.75, 3.05) is 11.9 Å². The summed E-state index contributed by atoms with van der Waals surface area (Å²) in [5.41, 5.74) is 0.852. The molecule has 2 N–H and O–H groups in total. The van der Waals surface area contributed by atoms with Crippen molar-refractivity contribution in [2.24, 2.45) is 0 Å². The Labute approximate surface area is 160 Å². The zero-order valence-corrected chi connectivity index (χ0v) is 15.1. The van der Waals surface area contributed by atoms with Crippen LogP contribution >= 0.6 is 0 Å². The van der Waals surface area contributed by atoms with Crippen LogP contribution in [0.5, 0.6) is 5.75 Å². The number of carboxylic acid groups (broad SMARTS) is 1. The summed E-state index contributed by atoms with van der Waals surface area (Å²) >= 11 is 0. The van der Waals surface area contributed by atoms with Crippen LogP contribution in [-0.2, 0) is 16.1 Å². The molecule has 0 radical (unpaired) electrons. The lowest BCUT2D eigenvalue weighted by molar-refractivity contribution is -0.137. The summed E-state index contributed by atoms with van der Waals surface area (Å²) in [5, 5.41) is 15.5. The second kappa shape index (κ2) is 8.85. The van der Waals surface area contributed by atoms with Gasteiger partial charge in [-0.05, 0) is 42.8 Å². The highest BCUT2D eigenvalue weighted by molar-refractivity contribution is 5.90. The third-order valence-corrected chi connectivity index (χ3v) is 3.98.